The Morgan fingerprint density at radius 1 is 1.42 bits per heavy atom. The normalized spacial score (nSPS) is 10.8. The van der Waals surface area contributed by atoms with Gasteiger partial charge in [0.25, 0.3) is 11.2 Å². The highest BCUT2D eigenvalue weighted by Gasteiger charge is 2.19. The van der Waals surface area contributed by atoms with Gasteiger partial charge in [-0.1, -0.05) is 18.5 Å². The van der Waals surface area contributed by atoms with Crippen molar-refractivity contribution < 1.29 is 10.0 Å². The van der Waals surface area contributed by atoms with Gasteiger partial charge in [-0.25, -0.2) is 0 Å². The van der Waals surface area contributed by atoms with Crippen molar-refractivity contribution in [1.29, 1.82) is 5.26 Å². The van der Waals surface area contributed by atoms with Gasteiger partial charge in [0, 0.05) is 23.2 Å². The van der Waals surface area contributed by atoms with Crippen LogP contribution in [0, 0.1) is 28.4 Å². The van der Waals surface area contributed by atoms with E-state index in [1.165, 1.54) is 19.1 Å². The lowest BCUT2D eigenvalue weighted by molar-refractivity contribution is -0.384. The highest BCUT2D eigenvalue weighted by atomic mass is 35.5. The first-order valence-corrected chi connectivity index (χ1v) is 7.91. The minimum Gasteiger partial charge on any atom is -0.493 e. The quantitative estimate of drug-likeness (QED) is 0.476. The molecule has 0 radical (unpaired) electrons. The summed E-state index contributed by atoms with van der Waals surface area (Å²) in [6.07, 6.45) is 0.542. The van der Waals surface area contributed by atoms with E-state index in [9.17, 15) is 25.3 Å². The average molecular weight is 376 g/mol. The molecule has 0 saturated heterocycles. The predicted molar refractivity (Wildman–Crippen MR) is 94.4 cm³/mol. The number of hydrogen-bond donors (Lipinski definition) is 1. The standard InChI is InChI=1S/C16H14ClN5O4/c1-3-6-21-15(23)11(8-18)9(2)14(16(21)24)20-19-12-5-4-10(17)7-13(12)22(25)26/h4-5,7,23H,3,6H2,1-2H3. The number of nitrogens with zero attached hydrogens (tertiary/aromatic N) is 5. The van der Waals surface area contributed by atoms with Crippen LogP contribution in [0.3, 0.4) is 0 Å². The van der Waals surface area contributed by atoms with E-state index < -0.39 is 16.4 Å². The summed E-state index contributed by atoms with van der Waals surface area (Å²) in [6.45, 7) is 3.43. The van der Waals surface area contributed by atoms with Crippen LogP contribution in [0.1, 0.15) is 24.5 Å². The zero-order chi connectivity index (χ0) is 19.4. The Labute approximate surface area is 152 Å². The maximum Gasteiger partial charge on any atom is 0.298 e. The molecule has 1 heterocycles. The van der Waals surface area contributed by atoms with E-state index in [1.54, 1.807) is 6.92 Å². The number of halogens is 1. The van der Waals surface area contributed by atoms with E-state index in [2.05, 4.69) is 10.2 Å². The zero-order valence-corrected chi connectivity index (χ0v) is 14.7. The summed E-state index contributed by atoms with van der Waals surface area (Å²) in [5, 5.41) is 38.2. The van der Waals surface area contributed by atoms with Gasteiger partial charge in [0.15, 0.2) is 11.4 Å². The molecule has 1 N–H and O–H groups in total. The van der Waals surface area contributed by atoms with Crippen molar-refractivity contribution >= 4 is 28.7 Å². The fourth-order valence-electron chi connectivity index (χ4n) is 2.32. The summed E-state index contributed by atoms with van der Waals surface area (Å²) in [7, 11) is 0. The van der Waals surface area contributed by atoms with Crippen LogP contribution in [0.2, 0.25) is 5.02 Å². The van der Waals surface area contributed by atoms with Crippen molar-refractivity contribution in [2.24, 2.45) is 10.2 Å². The van der Waals surface area contributed by atoms with Crippen molar-refractivity contribution in [3.05, 3.63) is 54.8 Å². The number of hydrogen-bond acceptors (Lipinski definition) is 7. The van der Waals surface area contributed by atoms with Crippen LogP contribution in [-0.4, -0.2) is 14.6 Å². The largest absolute Gasteiger partial charge is 0.493 e. The van der Waals surface area contributed by atoms with Gasteiger partial charge < -0.3 is 5.11 Å². The third kappa shape index (κ3) is 3.55. The van der Waals surface area contributed by atoms with Crippen LogP contribution in [-0.2, 0) is 6.54 Å². The van der Waals surface area contributed by atoms with Gasteiger partial charge in [0.2, 0.25) is 5.88 Å². The molecule has 134 valence electrons. The lowest BCUT2D eigenvalue weighted by Gasteiger charge is -2.11. The van der Waals surface area contributed by atoms with Gasteiger partial charge in [0.1, 0.15) is 11.6 Å². The van der Waals surface area contributed by atoms with Gasteiger partial charge in [-0.05, 0) is 25.5 Å². The minimum absolute atomic E-state index is 0.0909. The lowest BCUT2D eigenvalue weighted by Crippen LogP contribution is -2.21. The van der Waals surface area contributed by atoms with E-state index in [-0.39, 0.29) is 39.8 Å². The molecule has 9 nitrogen and oxygen atoms in total. The van der Waals surface area contributed by atoms with E-state index >= 15 is 0 Å². The van der Waals surface area contributed by atoms with Crippen LogP contribution in [0.5, 0.6) is 5.88 Å². The molecule has 0 bridgehead atoms. The van der Waals surface area contributed by atoms with E-state index in [0.717, 1.165) is 10.6 Å². The highest BCUT2D eigenvalue weighted by Crippen LogP contribution is 2.32. The smallest absolute Gasteiger partial charge is 0.298 e. The molecule has 1 aromatic heterocycles. The Morgan fingerprint density at radius 3 is 2.69 bits per heavy atom. The minimum atomic E-state index is -0.667. The number of nitro groups is 1. The fraction of sp³-hybridized carbons (Fsp3) is 0.250. The van der Waals surface area contributed by atoms with Crippen LogP contribution in [0.15, 0.2) is 33.2 Å². The monoisotopic (exact) mass is 375 g/mol. The second-order valence-corrected chi connectivity index (χ2v) is 5.77. The average Bonchev–Trinajstić information content (AvgIpc) is 2.59. The van der Waals surface area contributed by atoms with Crippen LogP contribution in [0.25, 0.3) is 0 Å². The molecule has 0 aliphatic carbocycles. The predicted octanol–water partition coefficient (Wildman–Crippen LogP) is 4.12. The van der Waals surface area contributed by atoms with E-state index in [4.69, 9.17) is 11.6 Å². The van der Waals surface area contributed by atoms with Crippen molar-refractivity contribution in [1.82, 2.24) is 4.57 Å². The first-order chi connectivity index (χ1) is 12.3. The molecule has 0 fully saturated rings. The van der Waals surface area contributed by atoms with Gasteiger partial charge in [-0.2, -0.15) is 5.26 Å². The second kappa shape index (κ2) is 7.76. The third-order valence-corrected chi connectivity index (χ3v) is 3.84. The Hall–Kier alpha value is -3.25. The van der Waals surface area contributed by atoms with Gasteiger partial charge in [-0.15, -0.1) is 10.2 Å². The maximum atomic E-state index is 12.5. The van der Waals surface area contributed by atoms with E-state index in [1.807, 2.05) is 6.07 Å². The molecule has 0 amide bonds. The molecular weight excluding hydrogens is 362 g/mol. The van der Waals surface area contributed by atoms with Crippen molar-refractivity contribution in [2.75, 3.05) is 0 Å². The molecule has 0 atom stereocenters. The molecule has 0 aliphatic heterocycles. The first-order valence-electron chi connectivity index (χ1n) is 7.53. The van der Waals surface area contributed by atoms with Crippen molar-refractivity contribution in [3.63, 3.8) is 0 Å². The fourth-order valence-corrected chi connectivity index (χ4v) is 2.49. The molecular formula is C16H14ClN5O4. The van der Waals surface area contributed by atoms with Crippen molar-refractivity contribution in [2.45, 2.75) is 26.8 Å². The first kappa shape index (κ1) is 19.1. The second-order valence-electron chi connectivity index (χ2n) is 5.33. The summed E-state index contributed by atoms with van der Waals surface area (Å²) >= 11 is 5.75. The van der Waals surface area contributed by atoms with Crippen LogP contribution < -0.4 is 5.56 Å². The lowest BCUT2D eigenvalue weighted by atomic mass is 10.1. The summed E-state index contributed by atoms with van der Waals surface area (Å²) in [4.78, 5) is 23.0. The molecule has 0 aliphatic rings. The SMILES string of the molecule is CCCn1c(O)c(C#N)c(C)c(N=Nc2ccc(Cl)cc2[N+](=O)[O-])c1=O. The van der Waals surface area contributed by atoms with Crippen LogP contribution >= 0.6 is 11.6 Å². The van der Waals surface area contributed by atoms with Gasteiger partial charge >= 0.3 is 0 Å². The Kier molecular flexibility index (Phi) is 5.69. The molecule has 1 aromatic carbocycles. The molecule has 26 heavy (non-hydrogen) atoms. The Bertz CT molecular complexity index is 1010. The molecule has 2 rings (SSSR count). The number of nitro benzene ring substituents is 1. The number of benzene rings is 1. The number of aromatic nitrogens is 1. The topological polar surface area (TPSA) is 134 Å². The molecule has 0 unspecified atom stereocenters. The number of pyridine rings is 1. The molecule has 0 spiro atoms. The third-order valence-electron chi connectivity index (χ3n) is 3.61. The number of azo groups is 1. The summed E-state index contributed by atoms with van der Waals surface area (Å²) in [6, 6.07) is 5.66. The number of rotatable bonds is 5. The van der Waals surface area contributed by atoms with Crippen LogP contribution in [0.4, 0.5) is 17.1 Å². The molecule has 10 heteroatoms. The Balaban J connectivity index is 2.66. The zero-order valence-electron chi connectivity index (χ0n) is 13.9. The molecule has 2 aromatic rings. The molecule has 0 saturated carbocycles. The van der Waals surface area contributed by atoms with Crippen molar-refractivity contribution in [3.8, 4) is 11.9 Å². The summed E-state index contributed by atoms with van der Waals surface area (Å²) in [5.41, 5.74) is -1.22. The summed E-state index contributed by atoms with van der Waals surface area (Å²) < 4.78 is 1.02. The number of aromatic hydroxyl groups is 1. The van der Waals surface area contributed by atoms with E-state index in [0.29, 0.717) is 6.42 Å². The number of nitriles is 1. The Morgan fingerprint density at radius 2 is 2.12 bits per heavy atom. The van der Waals surface area contributed by atoms with Gasteiger partial charge in [0.05, 0.1) is 4.92 Å². The maximum absolute atomic E-state index is 12.5. The highest BCUT2D eigenvalue weighted by molar-refractivity contribution is 6.30. The van der Waals surface area contributed by atoms with Gasteiger partial charge in [-0.3, -0.25) is 19.5 Å². The summed E-state index contributed by atoms with van der Waals surface area (Å²) in [5.74, 6) is -0.437.